The Kier molecular flexibility index (Phi) is 6.83. The molecule has 0 aliphatic carbocycles. The number of anilines is 1. The van der Waals surface area contributed by atoms with E-state index in [1.54, 1.807) is 4.68 Å². The number of aromatic nitrogens is 3. The summed E-state index contributed by atoms with van der Waals surface area (Å²) in [5, 5.41) is 7.56. The summed E-state index contributed by atoms with van der Waals surface area (Å²) in [7, 11) is 0. The van der Waals surface area contributed by atoms with Crippen LogP contribution in [0.2, 0.25) is 0 Å². The normalized spacial score (nSPS) is 10.9. The molecule has 0 aliphatic heterocycles. The number of nitrogens with one attached hydrogen (secondary N) is 1. The van der Waals surface area contributed by atoms with Gasteiger partial charge in [0.15, 0.2) is 5.82 Å². The fraction of sp³-hybridized carbons (Fsp3) is 0.222. The molecule has 0 spiro atoms. The van der Waals surface area contributed by atoms with Crippen LogP contribution in [0, 0.1) is 6.92 Å². The van der Waals surface area contributed by atoms with Gasteiger partial charge in [-0.1, -0.05) is 54.6 Å². The number of carbonyl (C=O) groups is 1. The highest BCUT2D eigenvalue weighted by atomic mass is 16.5. The SMILES string of the molecule is Cc1ccccc1-c1nc(OC(C)C)nn1-c1ccc(NC(=O)CCc2ccccc2)cc1. The van der Waals surface area contributed by atoms with Gasteiger partial charge in [0.1, 0.15) is 0 Å². The predicted octanol–water partition coefficient (Wildman–Crippen LogP) is 5.60. The quantitative estimate of drug-likeness (QED) is 0.387. The second-order valence-corrected chi connectivity index (χ2v) is 8.19. The summed E-state index contributed by atoms with van der Waals surface area (Å²) in [6.45, 7) is 5.94. The van der Waals surface area contributed by atoms with Crippen molar-refractivity contribution >= 4 is 11.6 Å². The summed E-state index contributed by atoms with van der Waals surface area (Å²) in [6, 6.07) is 26.0. The zero-order valence-corrected chi connectivity index (χ0v) is 19.2. The van der Waals surface area contributed by atoms with Crippen LogP contribution in [0.1, 0.15) is 31.4 Å². The summed E-state index contributed by atoms with van der Waals surface area (Å²) in [5.41, 5.74) is 4.82. The lowest BCUT2D eigenvalue weighted by molar-refractivity contribution is -0.116. The molecule has 6 nitrogen and oxygen atoms in total. The molecular formula is C27H28N4O2. The second-order valence-electron chi connectivity index (χ2n) is 8.19. The van der Waals surface area contributed by atoms with E-state index in [-0.39, 0.29) is 12.0 Å². The minimum Gasteiger partial charge on any atom is -0.460 e. The molecule has 0 bridgehead atoms. The number of hydrogen-bond acceptors (Lipinski definition) is 4. The van der Waals surface area contributed by atoms with E-state index in [2.05, 4.69) is 15.4 Å². The Balaban J connectivity index is 1.52. The molecule has 1 aromatic heterocycles. The van der Waals surface area contributed by atoms with E-state index < -0.39 is 0 Å². The van der Waals surface area contributed by atoms with E-state index in [0.717, 1.165) is 28.1 Å². The molecule has 0 fully saturated rings. The lowest BCUT2D eigenvalue weighted by Gasteiger charge is -2.10. The second kappa shape index (κ2) is 10.1. The van der Waals surface area contributed by atoms with Crippen molar-refractivity contribution < 1.29 is 9.53 Å². The first-order valence-corrected chi connectivity index (χ1v) is 11.1. The molecule has 168 valence electrons. The van der Waals surface area contributed by atoms with Crippen molar-refractivity contribution in [2.24, 2.45) is 0 Å². The van der Waals surface area contributed by atoms with Crippen LogP contribution < -0.4 is 10.1 Å². The van der Waals surface area contributed by atoms with Crippen LogP contribution in [0.15, 0.2) is 78.9 Å². The molecule has 0 saturated carbocycles. The maximum absolute atomic E-state index is 12.4. The highest BCUT2D eigenvalue weighted by Gasteiger charge is 2.17. The van der Waals surface area contributed by atoms with Crippen molar-refractivity contribution in [1.82, 2.24) is 14.8 Å². The highest BCUT2D eigenvalue weighted by molar-refractivity contribution is 5.90. The molecule has 0 radical (unpaired) electrons. The average molecular weight is 441 g/mol. The van der Waals surface area contributed by atoms with Crippen LogP contribution >= 0.6 is 0 Å². The molecular weight excluding hydrogens is 412 g/mol. The van der Waals surface area contributed by atoms with Gasteiger partial charge in [-0.2, -0.15) is 4.98 Å². The van der Waals surface area contributed by atoms with E-state index in [9.17, 15) is 4.79 Å². The number of carbonyl (C=O) groups excluding carboxylic acids is 1. The van der Waals surface area contributed by atoms with Crippen LogP contribution in [0.5, 0.6) is 6.01 Å². The van der Waals surface area contributed by atoms with Crippen molar-refractivity contribution in [3.8, 4) is 23.1 Å². The third kappa shape index (κ3) is 5.66. The predicted molar refractivity (Wildman–Crippen MR) is 131 cm³/mol. The summed E-state index contributed by atoms with van der Waals surface area (Å²) in [4.78, 5) is 17.0. The average Bonchev–Trinajstić information content (AvgIpc) is 3.22. The Labute approximate surface area is 194 Å². The first-order valence-electron chi connectivity index (χ1n) is 11.1. The van der Waals surface area contributed by atoms with Gasteiger partial charge >= 0.3 is 6.01 Å². The zero-order chi connectivity index (χ0) is 23.2. The molecule has 4 rings (SSSR count). The Morgan fingerprint density at radius 3 is 2.36 bits per heavy atom. The maximum Gasteiger partial charge on any atom is 0.336 e. The smallest absolute Gasteiger partial charge is 0.336 e. The maximum atomic E-state index is 12.4. The number of benzene rings is 3. The zero-order valence-electron chi connectivity index (χ0n) is 19.2. The topological polar surface area (TPSA) is 69.0 Å². The molecule has 1 amide bonds. The lowest BCUT2D eigenvalue weighted by Crippen LogP contribution is -2.12. The monoisotopic (exact) mass is 440 g/mol. The summed E-state index contributed by atoms with van der Waals surface area (Å²) in [6.07, 6.45) is 1.11. The van der Waals surface area contributed by atoms with Crippen molar-refractivity contribution in [1.29, 1.82) is 0 Å². The molecule has 33 heavy (non-hydrogen) atoms. The van der Waals surface area contributed by atoms with Gasteiger partial charge in [-0.25, -0.2) is 4.68 Å². The van der Waals surface area contributed by atoms with Crippen LogP contribution in [0.3, 0.4) is 0 Å². The van der Waals surface area contributed by atoms with Gasteiger partial charge in [0.05, 0.1) is 11.8 Å². The van der Waals surface area contributed by atoms with E-state index in [4.69, 9.17) is 4.74 Å². The van der Waals surface area contributed by atoms with E-state index in [1.807, 2.05) is 99.6 Å². The largest absolute Gasteiger partial charge is 0.460 e. The fourth-order valence-electron chi connectivity index (χ4n) is 3.54. The van der Waals surface area contributed by atoms with E-state index in [0.29, 0.717) is 24.7 Å². The fourth-order valence-corrected chi connectivity index (χ4v) is 3.54. The number of nitrogens with zero attached hydrogens (tertiary/aromatic N) is 3. The molecule has 0 saturated heterocycles. The third-order valence-electron chi connectivity index (χ3n) is 5.19. The Morgan fingerprint density at radius 2 is 1.67 bits per heavy atom. The number of amides is 1. The minimum absolute atomic E-state index is 0.0134. The number of ether oxygens (including phenoxy) is 1. The Hall–Kier alpha value is -3.93. The van der Waals surface area contributed by atoms with Crippen LogP contribution in [-0.4, -0.2) is 26.8 Å². The van der Waals surface area contributed by atoms with Gasteiger partial charge < -0.3 is 10.1 Å². The summed E-state index contributed by atoms with van der Waals surface area (Å²) >= 11 is 0. The van der Waals surface area contributed by atoms with Crippen molar-refractivity contribution in [3.05, 3.63) is 90.0 Å². The molecule has 6 heteroatoms. The molecule has 0 aliphatic rings. The lowest BCUT2D eigenvalue weighted by atomic mass is 10.1. The van der Waals surface area contributed by atoms with Crippen LogP contribution in [0.25, 0.3) is 17.1 Å². The molecule has 0 atom stereocenters. The van der Waals surface area contributed by atoms with E-state index >= 15 is 0 Å². The first-order chi connectivity index (χ1) is 16.0. The number of rotatable bonds is 8. The van der Waals surface area contributed by atoms with Crippen molar-refractivity contribution in [2.45, 2.75) is 39.7 Å². The van der Waals surface area contributed by atoms with Gasteiger partial charge in [-0.3, -0.25) is 4.79 Å². The standard InChI is InChI=1S/C27H28N4O2/c1-19(2)33-27-29-26(24-12-8-7-9-20(24)3)31(30-27)23-16-14-22(15-17-23)28-25(32)18-13-21-10-5-4-6-11-21/h4-12,14-17,19H,13,18H2,1-3H3,(H,28,32). The Morgan fingerprint density at radius 1 is 0.970 bits per heavy atom. The van der Waals surface area contributed by atoms with Crippen LogP contribution in [-0.2, 0) is 11.2 Å². The summed E-state index contributed by atoms with van der Waals surface area (Å²) in [5.74, 6) is 0.698. The summed E-state index contributed by atoms with van der Waals surface area (Å²) < 4.78 is 7.54. The first kappa shape index (κ1) is 22.3. The van der Waals surface area contributed by atoms with Crippen molar-refractivity contribution in [2.75, 3.05) is 5.32 Å². The van der Waals surface area contributed by atoms with E-state index in [1.165, 1.54) is 0 Å². The van der Waals surface area contributed by atoms with Gasteiger partial charge in [-0.15, -0.1) is 5.10 Å². The van der Waals surface area contributed by atoms with Crippen LogP contribution in [0.4, 0.5) is 5.69 Å². The molecule has 4 aromatic rings. The molecule has 3 aromatic carbocycles. The van der Waals surface area contributed by atoms with Gasteiger partial charge in [0, 0.05) is 17.7 Å². The van der Waals surface area contributed by atoms with Gasteiger partial charge in [0.2, 0.25) is 5.91 Å². The highest BCUT2D eigenvalue weighted by Crippen LogP contribution is 2.27. The van der Waals surface area contributed by atoms with Gasteiger partial charge in [0.25, 0.3) is 0 Å². The van der Waals surface area contributed by atoms with Crippen molar-refractivity contribution in [3.63, 3.8) is 0 Å². The Bertz CT molecular complexity index is 1210. The minimum atomic E-state index is -0.0287. The van der Waals surface area contributed by atoms with Gasteiger partial charge in [-0.05, 0) is 62.6 Å². The third-order valence-corrected chi connectivity index (χ3v) is 5.19. The number of hydrogen-bond donors (Lipinski definition) is 1. The number of aryl methyl sites for hydroxylation is 2. The molecule has 0 unspecified atom stereocenters. The molecule has 1 N–H and O–H groups in total. The molecule has 1 heterocycles.